The molecule has 6 heteroatoms. The van der Waals surface area contributed by atoms with Gasteiger partial charge in [-0.05, 0) is 26.9 Å². The van der Waals surface area contributed by atoms with E-state index in [1.165, 1.54) is 0 Å². The van der Waals surface area contributed by atoms with Crippen molar-refractivity contribution in [1.82, 2.24) is 9.21 Å². The summed E-state index contributed by atoms with van der Waals surface area (Å²) in [6.07, 6.45) is 1.36. The standard InChI is InChI=1S/C10H23ClN2O2S/c1-4-7-13(9-8-12(2)3)16(14,15)10-5-6-11/h4-10H2,1-3H3. The van der Waals surface area contributed by atoms with Gasteiger partial charge in [0.1, 0.15) is 0 Å². The molecule has 0 spiro atoms. The number of likely N-dealkylation sites (N-methyl/N-ethyl adjacent to an activating group) is 1. The SMILES string of the molecule is CCCN(CCN(C)C)S(=O)(=O)CCCCl. The lowest BCUT2D eigenvalue weighted by Gasteiger charge is -2.23. The van der Waals surface area contributed by atoms with Crippen LogP contribution in [0.2, 0.25) is 0 Å². The van der Waals surface area contributed by atoms with Crippen molar-refractivity contribution in [1.29, 1.82) is 0 Å². The number of rotatable bonds is 9. The molecule has 0 unspecified atom stereocenters. The van der Waals surface area contributed by atoms with Gasteiger partial charge >= 0.3 is 0 Å². The summed E-state index contributed by atoms with van der Waals surface area (Å²) in [5, 5.41) is 0. The van der Waals surface area contributed by atoms with E-state index in [0.29, 0.717) is 25.4 Å². The van der Waals surface area contributed by atoms with Gasteiger partial charge in [0.2, 0.25) is 10.0 Å². The van der Waals surface area contributed by atoms with E-state index in [1.807, 2.05) is 25.9 Å². The quantitative estimate of drug-likeness (QED) is 0.592. The largest absolute Gasteiger partial charge is 0.308 e. The zero-order valence-electron chi connectivity index (χ0n) is 10.4. The average molecular weight is 271 g/mol. The zero-order valence-corrected chi connectivity index (χ0v) is 12.0. The van der Waals surface area contributed by atoms with Gasteiger partial charge in [-0.1, -0.05) is 6.92 Å². The van der Waals surface area contributed by atoms with Crippen LogP contribution in [0.3, 0.4) is 0 Å². The Hall–Kier alpha value is 0.160. The second-order valence-electron chi connectivity index (χ2n) is 4.06. The maximum Gasteiger partial charge on any atom is 0.214 e. The van der Waals surface area contributed by atoms with Crippen molar-refractivity contribution in [3.05, 3.63) is 0 Å². The van der Waals surface area contributed by atoms with E-state index in [-0.39, 0.29) is 5.75 Å². The van der Waals surface area contributed by atoms with Crippen LogP contribution in [0.4, 0.5) is 0 Å². The molecule has 0 aliphatic carbocycles. The first kappa shape index (κ1) is 16.2. The minimum atomic E-state index is -3.12. The first-order valence-electron chi connectivity index (χ1n) is 5.62. The fraction of sp³-hybridized carbons (Fsp3) is 1.00. The Balaban J connectivity index is 4.37. The summed E-state index contributed by atoms with van der Waals surface area (Å²) < 4.78 is 25.5. The average Bonchev–Trinajstić information content (AvgIpc) is 2.20. The fourth-order valence-corrected chi connectivity index (χ4v) is 3.20. The van der Waals surface area contributed by atoms with Crippen LogP contribution in [-0.4, -0.2) is 63.0 Å². The normalized spacial score (nSPS) is 12.6. The van der Waals surface area contributed by atoms with Crippen LogP contribution in [0.5, 0.6) is 0 Å². The number of nitrogens with zero attached hydrogens (tertiary/aromatic N) is 2. The van der Waals surface area contributed by atoms with Gasteiger partial charge in [0.15, 0.2) is 0 Å². The molecule has 16 heavy (non-hydrogen) atoms. The molecule has 0 heterocycles. The highest BCUT2D eigenvalue weighted by Crippen LogP contribution is 2.05. The van der Waals surface area contributed by atoms with Gasteiger partial charge < -0.3 is 4.90 Å². The molecule has 0 saturated heterocycles. The van der Waals surface area contributed by atoms with Crippen molar-refractivity contribution < 1.29 is 8.42 Å². The summed E-state index contributed by atoms with van der Waals surface area (Å²) >= 11 is 5.53. The Kier molecular flexibility index (Phi) is 8.36. The highest BCUT2D eigenvalue weighted by Gasteiger charge is 2.20. The van der Waals surface area contributed by atoms with Gasteiger partial charge in [0.25, 0.3) is 0 Å². The number of hydrogen-bond donors (Lipinski definition) is 0. The van der Waals surface area contributed by atoms with E-state index in [0.717, 1.165) is 13.0 Å². The van der Waals surface area contributed by atoms with E-state index in [9.17, 15) is 8.42 Å². The van der Waals surface area contributed by atoms with E-state index in [2.05, 4.69) is 0 Å². The van der Waals surface area contributed by atoms with Crippen LogP contribution in [0.15, 0.2) is 0 Å². The lowest BCUT2D eigenvalue weighted by Crippen LogP contribution is -2.38. The van der Waals surface area contributed by atoms with Gasteiger partial charge in [0, 0.05) is 25.5 Å². The lowest BCUT2D eigenvalue weighted by atomic mass is 10.4. The molecule has 0 aromatic rings. The molecule has 0 N–H and O–H groups in total. The predicted octanol–water partition coefficient (Wildman–Crippen LogP) is 1.22. The van der Waals surface area contributed by atoms with Crippen molar-refractivity contribution in [3.8, 4) is 0 Å². The van der Waals surface area contributed by atoms with Gasteiger partial charge in [-0.15, -0.1) is 11.6 Å². The number of halogens is 1. The van der Waals surface area contributed by atoms with Gasteiger partial charge in [0.05, 0.1) is 5.75 Å². The molecular formula is C10H23ClN2O2S. The molecule has 0 rings (SSSR count). The molecule has 0 aromatic heterocycles. The second-order valence-corrected chi connectivity index (χ2v) is 6.53. The Labute approximate surface area is 105 Å². The summed E-state index contributed by atoms with van der Waals surface area (Å²) in [4.78, 5) is 1.99. The molecule has 0 fully saturated rings. The highest BCUT2D eigenvalue weighted by molar-refractivity contribution is 7.89. The van der Waals surface area contributed by atoms with Crippen molar-refractivity contribution in [2.75, 3.05) is 45.4 Å². The topological polar surface area (TPSA) is 40.6 Å². The summed E-state index contributed by atoms with van der Waals surface area (Å²) in [6.45, 7) is 3.89. The van der Waals surface area contributed by atoms with Crippen LogP contribution in [0, 0.1) is 0 Å². The first-order valence-corrected chi connectivity index (χ1v) is 7.77. The second kappa shape index (κ2) is 8.28. The van der Waals surface area contributed by atoms with Crippen molar-refractivity contribution in [2.45, 2.75) is 19.8 Å². The molecule has 0 aliphatic heterocycles. The third kappa shape index (κ3) is 6.68. The van der Waals surface area contributed by atoms with Crippen molar-refractivity contribution in [3.63, 3.8) is 0 Å². The third-order valence-electron chi connectivity index (χ3n) is 2.20. The van der Waals surface area contributed by atoms with Crippen molar-refractivity contribution >= 4 is 21.6 Å². The smallest absolute Gasteiger partial charge is 0.214 e. The highest BCUT2D eigenvalue weighted by atomic mass is 35.5. The van der Waals surface area contributed by atoms with E-state index in [4.69, 9.17) is 11.6 Å². The molecule has 0 amide bonds. The molecule has 0 bridgehead atoms. The van der Waals surface area contributed by atoms with Gasteiger partial charge in [-0.3, -0.25) is 0 Å². The first-order chi connectivity index (χ1) is 7.44. The predicted molar refractivity (Wildman–Crippen MR) is 69.5 cm³/mol. The Morgan fingerprint density at radius 1 is 1.12 bits per heavy atom. The Morgan fingerprint density at radius 2 is 1.75 bits per heavy atom. The number of sulfonamides is 1. The molecule has 0 saturated carbocycles. The summed E-state index contributed by atoms with van der Waals surface area (Å²) in [7, 11) is 0.760. The molecular weight excluding hydrogens is 248 g/mol. The minimum Gasteiger partial charge on any atom is -0.308 e. The monoisotopic (exact) mass is 270 g/mol. The fourth-order valence-electron chi connectivity index (χ4n) is 1.32. The minimum absolute atomic E-state index is 0.157. The molecule has 0 aliphatic rings. The number of hydrogen-bond acceptors (Lipinski definition) is 3. The van der Waals surface area contributed by atoms with E-state index < -0.39 is 10.0 Å². The van der Waals surface area contributed by atoms with Gasteiger partial charge in [-0.25, -0.2) is 12.7 Å². The summed E-state index contributed by atoms with van der Waals surface area (Å²) in [5.41, 5.74) is 0. The molecule has 0 atom stereocenters. The zero-order chi connectivity index (χ0) is 12.6. The third-order valence-corrected chi connectivity index (χ3v) is 4.42. The Bertz CT molecular complexity index is 268. The molecule has 4 nitrogen and oxygen atoms in total. The van der Waals surface area contributed by atoms with Crippen LogP contribution < -0.4 is 0 Å². The van der Waals surface area contributed by atoms with Crippen molar-refractivity contribution in [2.24, 2.45) is 0 Å². The van der Waals surface area contributed by atoms with E-state index >= 15 is 0 Å². The number of alkyl halides is 1. The molecule has 98 valence electrons. The summed E-state index contributed by atoms with van der Waals surface area (Å²) in [6, 6.07) is 0. The van der Waals surface area contributed by atoms with Crippen LogP contribution in [-0.2, 0) is 10.0 Å². The molecule has 0 radical (unpaired) electrons. The maximum atomic E-state index is 11.9. The molecule has 0 aromatic carbocycles. The summed E-state index contributed by atoms with van der Waals surface area (Å²) in [5.74, 6) is 0.552. The maximum absolute atomic E-state index is 11.9. The van der Waals surface area contributed by atoms with Gasteiger partial charge in [-0.2, -0.15) is 0 Å². The van der Waals surface area contributed by atoms with Crippen LogP contribution in [0.1, 0.15) is 19.8 Å². The van der Waals surface area contributed by atoms with Crippen LogP contribution in [0.25, 0.3) is 0 Å². The van der Waals surface area contributed by atoms with E-state index in [1.54, 1.807) is 4.31 Å². The Morgan fingerprint density at radius 3 is 2.19 bits per heavy atom. The lowest BCUT2D eigenvalue weighted by molar-refractivity contribution is 0.333. The van der Waals surface area contributed by atoms with Crippen LogP contribution >= 0.6 is 11.6 Å².